The van der Waals surface area contributed by atoms with Gasteiger partial charge in [0.25, 0.3) is 0 Å². The summed E-state index contributed by atoms with van der Waals surface area (Å²) in [7, 11) is 0. The lowest BCUT2D eigenvalue weighted by Crippen LogP contribution is -2.41. The van der Waals surface area contributed by atoms with E-state index in [0.717, 1.165) is 56.9 Å². The average molecular weight is 496 g/mol. The Labute approximate surface area is 217 Å². The highest BCUT2D eigenvalue weighted by Crippen LogP contribution is 2.40. The van der Waals surface area contributed by atoms with Crippen LogP contribution in [0.25, 0.3) is 0 Å². The Morgan fingerprint density at radius 2 is 1.89 bits per heavy atom. The number of carbonyl (C=O) groups is 1. The minimum Gasteiger partial charge on any atom is -0.426 e. The van der Waals surface area contributed by atoms with Gasteiger partial charge in [-0.1, -0.05) is 45.9 Å². The van der Waals surface area contributed by atoms with Gasteiger partial charge in [0.2, 0.25) is 0 Å². The van der Waals surface area contributed by atoms with Crippen LogP contribution in [0.5, 0.6) is 5.75 Å². The van der Waals surface area contributed by atoms with E-state index in [1.165, 1.54) is 35.3 Å². The smallest absolute Gasteiger partial charge is 0.311 e. The topological polar surface area (TPSA) is 29.5 Å². The van der Waals surface area contributed by atoms with Crippen molar-refractivity contribution < 1.29 is 9.53 Å². The zero-order valence-corrected chi connectivity index (χ0v) is 23.1. The van der Waals surface area contributed by atoms with Crippen molar-refractivity contribution in [2.45, 2.75) is 91.5 Å². The van der Waals surface area contributed by atoms with Gasteiger partial charge in [0.15, 0.2) is 0 Å². The van der Waals surface area contributed by atoms with Gasteiger partial charge in [0.05, 0.1) is 0 Å². The van der Waals surface area contributed by atoms with Crippen LogP contribution in [0, 0.1) is 23.7 Å². The quantitative estimate of drug-likeness (QED) is 0.251. The minimum atomic E-state index is -0.0536. The monoisotopic (exact) mass is 495 g/mol. The SMILES string of the molecule is CCCN(CCc1cccs1)C1CCc2c(cccc2OC(=O)CCC2C(C)CC(C)CC2C)C1. The number of carbonyl (C=O) groups excluding carboxylic acids is 1. The van der Waals surface area contributed by atoms with Gasteiger partial charge >= 0.3 is 5.97 Å². The number of hydrogen-bond donors (Lipinski definition) is 0. The molecule has 0 spiro atoms. The average Bonchev–Trinajstić information content (AvgIpc) is 3.34. The van der Waals surface area contributed by atoms with Crippen molar-refractivity contribution in [2.24, 2.45) is 23.7 Å². The lowest BCUT2D eigenvalue weighted by molar-refractivity contribution is -0.135. The van der Waals surface area contributed by atoms with Crippen molar-refractivity contribution in [3.8, 4) is 5.75 Å². The van der Waals surface area contributed by atoms with Crippen molar-refractivity contribution in [3.05, 3.63) is 51.7 Å². The molecule has 4 rings (SSSR count). The standard InChI is InChI=1S/C31H45NO2S/c1-5-16-32(17-15-27-9-7-18-35-27)26-11-12-29-25(21-26)8-6-10-30(29)34-31(33)14-13-28-23(3)19-22(2)20-24(28)4/h6-10,18,22-24,26,28H,5,11-17,19-21H2,1-4H3. The first-order valence-corrected chi connectivity index (χ1v) is 14.9. The van der Waals surface area contributed by atoms with E-state index in [1.807, 2.05) is 17.4 Å². The second-order valence-electron chi connectivity index (χ2n) is 11.4. The molecule has 0 amide bonds. The van der Waals surface area contributed by atoms with E-state index in [9.17, 15) is 4.79 Å². The molecule has 0 saturated heterocycles. The number of thiophene rings is 1. The van der Waals surface area contributed by atoms with E-state index in [2.05, 4.69) is 62.2 Å². The Kier molecular flexibility index (Phi) is 9.46. The summed E-state index contributed by atoms with van der Waals surface area (Å²) in [5.41, 5.74) is 2.63. The summed E-state index contributed by atoms with van der Waals surface area (Å²) in [6.45, 7) is 11.7. The van der Waals surface area contributed by atoms with Crippen LogP contribution in [0.2, 0.25) is 0 Å². The van der Waals surface area contributed by atoms with E-state index in [4.69, 9.17) is 4.74 Å². The van der Waals surface area contributed by atoms with Gasteiger partial charge in [-0.2, -0.15) is 0 Å². The van der Waals surface area contributed by atoms with Gasteiger partial charge in [-0.05, 0) is 110 Å². The highest BCUT2D eigenvalue weighted by molar-refractivity contribution is 7.09. The van der Waals surface area contributed by atoms with E-state index in [0.29, 0.717) is 30.2 Å². The molecule has 1 heterocycles. The van der Waals surface area contributed by atoms with Crippen LogP contribution in [-0.4, -0.2) is 30.0 Å². The predicted molar refractivity (Wildman–Crippen MR) is 147 cm³/mol. The summed E-state index contributed by atoms with van der Waals surface area (Å²) >= 11 is 1.86. The molecule has 35 heavy (non-hydrogen) atoms. The van der Waals surface area contributed by atoms with Gasteiger partial charge in [0.1, 0.15) is 5.75 Å². The van der Waals surface area contributed by atoms with Gasteiger partial charge in [0, 0.05) is 23.9 Å². The van der Waals surface area contributed by atoms with Crippen molar-refractivity contribution >= 4 is 17.3 Å². The molecule has 3 nitrogen and oxygen atoms in total. The molecule has 3 atom stereocenters. The summed E-state index contributed by atoms with van der Waals surface area (Å²) in [4.78, 5) is 17.0. The van der Waals surface area contributed by atoms with Crippen LogP contribution in [-0.2, 0) is 24.1 Å². The molecule has 1 fully saturated rings. The van der Waals surface area contributed by atoms with E-state index >= 15 is 0 Å². The van der Waals surface area contributed by atoms with E-state index in [-0.39, 0.29) is 5.97 Å². The summed E-state index contributed by atoms with van der Waals surface area (Å²) in [6, 6.07) is 11.3. The van der Waals surface area contributed by atoms with Crippen molar-refractivity contribution in [2.75, 3.05) is 13.1 Å². The maximum atomic E-state index is 12.8. The molecule has 0 N–H and O–H groups in total. The fourth-order valence-electron chi connectivity index (χ4n) is 6.94. The summed E-state index contributed by atoms with van der Waals surface area (Å²) < 4.78 is 5.98. The Morgan fingerprint density at radius 3 is 2.60 bits per heavy atom. The molecular formula is C31H45NO2S. The van der Waals surface area contributed by atoms with Gasteiger partial charge in [-0.15, -0.1) is 11.3 Å². The third-order valence-corrected chi connectivity index (χ3v) is 9.52. The van der Waals surface area contributed by atoms with Crippen molar-refractivity contribution in [1.29, 1.82) is 0 Å². The molecule has 1 saturated carbocycles. The third-order valence-electron chi connectivity index (χ3n) is 8.58. The van der Waals surface area contributed by atoms with Crippen LogP contribution < -0.4 is 4.74 Å². The van der Waals surface area contributed by atoms with Crippen LogP contribution in [0.1, 0.15) is 82.2 Å². The van der Waals surface area contributed by atoms with Gasteiger partial charge < -0.3 is 4.74 Å². The fourth-order valence-corrected chi connectivity index (χ4v) is 7.63. The van der Waals surface area contributed by atoms with Gasteiger partial charge in [-0.25, -0.2) is 0 Å². The Bertz CT molecular complexity index is 927. The number of hydrogen-bond acceptors (Lipinski definition) is 4. The molecule has 192 valence electrons. The zero-order chi connectivity index (χ0) is 24.8. The number of esters is 1. The van der Waals surface area contributed by atoms with Gasteiger partial charge in [-0.3, -0.25) is 9.69 Å². The first kappa shape index (κ1) is 26.4. The fraction of sp³-hybridized carbons (Fsp3) is 0.645. The van der Waals surface area contributed by atoms with E-state index in [1.54, 1.807) is 0 Å². The molecule has 2 aliphatic carbocycles. The molecule has 2 aromatic rings. The Hall–Kier alpha value is -1.65. The summed E-state index contributed by atoms with van der Waals surface area (Å²) in [6.07, 6.45) is 9.59. The lowest BCUT2D eigenvalue weighted by atomic mass is 9.68. The van der Waals surface area contributed by atoms with Crippen LogP contribution >= 0.6 is 11.3 Å². The van der Waals surface area contributed by atoms with Crippen LogP contribution in [0.4, 0.5) is 0 Å². The first-order valence-electron chi connectivity index (χ1n) is 14.0. The molecule has 1 aromatic heterocycles. The first-order chi connectivity index (χ1) is 16.9. The molecule has 3 unspecified atom stereocenters. The number of benzene rings is 1. The molecule has 1 aromatic carbocycles. The maximum Gasteiger partial charge on any atom is 0.311 e. The number of rotatable bonds is 10. The largest absolute Gasteiger partial charge is 0.426 e. The molecule has 0 radical (unpaired) electrons. The second-order valence-corrected chi connectivity index (χ2v) is 12.4. The van der Waals surface area contributed by atoms with Crippen LogP contribution in [0.3, 0.4) is 0 Å². The predicted octanol–water partition coefficient (Wildman–Crippen LogP) is 7.56. The highest BCUT2D eigenvalue weighted by atomic mass is 32.1. The summed E-state index contributed by atoms with van der Waals surface area (Å²) in [5.74, 6) is 3.62. The molecule has 0 bridgehead atoms. The van der Waals surface area contributed by atoms with Crippen LogP contribution in [0.15, 0.2) is 35.7 Å². The molecule has 0 aliphatic heterocycles. The molecule has 4 heteroatoms. The maximum absolute atomic E-state index is 12.8. The normalized spacial score (nSPS) is 26.5. The number of fused-ring (bicyclic) bond motifs is 1. The Balaban J connectivity index is 1.34. The lowest BCUT2D eigenvalue weighted by Gasteiger charge is -2.38. The highest BCUT2D eigenvalue weighted by Gasteiger charge is 2.32. The van der Waals surface area contributed by atoms with E-state index < -0.39 is 0 Å². The second kappa shape index (κ2) is 12.5. The van der Waals surface area contributed by atoms with Crippen molar-refractivity contribution in [3.63, 3.8) is 0 Å². The number of ether oxygens (including phenoxy) is 1. The third kappa shape index (κ3) is 6.98. The molecular weight excluding hydrogens is 450 g/mol. The zero-order valence-electron chi connectivity index (χ0n) is 22.3. The summed E-state index contributed by atoms with van der Waals surface area (Å²) in [5, 5.41) is 2.18. The number of nitrogens with zero attached hydrogens (tertiary/aromatic N) is 1. The molecule has 2 aliphatic rings. The van der Waals surface area contributed by atoms with Crippen molar-refractivity contribution in [1.82, 2.24) is 4.90 Å². The Morgan fingerprint density at radius 1 is 1.09 bits per heavy atom. The minimum absolute atomic E-state index is 0.0536.